The molecule has 1 saturated heterocycles. The van der Waals surface area contributed by atoms with Gasteiger partial charge in [0.1, 0.15) is 6.23 Å². The summed E-state index contributed by atoms with van der Waals surface area (Å²) in [6.07, 6.45) is 0.436. The molecule has 1 aliphatic rings. The minimum Gasteiger partial charge on any atom is -0.354 e. The van der Waals surface area contributed by atoms with Gasteiger partial charge in [-0.15, -0.1) is 0 Å². The summed E-state index contributed by atoms with van der Waals surface area (Å²) in [6, 6.07) is 10.9. The van der Waals surface area contributed by atoms with Gasteiger partial charge in [0.2, 0.25) is 0 Å². The Morgan fingerprint density at radius 2 is 1.79 bits per heavy atom. The molecule has 1 heterocycles. The molecular formula is C12H17NO. The molecule has 0 saturated carbocycles. The summed E-state index contributed by atoms with van der Waals surface area (Å²) in [4.78, 5) is 2.26. The average Bonchev–Trinajstić information content (AvgIpc) is 2.47. The van der Waals surface area contributed by atoms with Gasteiger partial charge in [-0.2, -0.15) is 0 Å². The number of rotatable bonds is 1. The van der Waals surface area contributed by atoms with Crippen molar-refractivity contribution >= 4 is 0 Å². The third kappa shape index (κ3) is 1.56. The lowest BCUT2D eigenvalue weighted by Crippen LogP contribution is -2.29. The highest BCUT2D eigenvalue weighted by molar-refractivity contribution is 5.20. The molecule has 2 rings (SSSR count). The van der Waals surface area contributed by atoms with Crippen LogP contribution >= 0.6 is 0 Å². The summed E-state index contributed by atoms with van der Waals surface area (Å²) in [5, 5.41) is 0. The van der Waals surface area contributed by atoms with E-state index in [0.29, 0.717) is 6.04 Å². The van der Waals surface area contributed by atoms with Gasteiger partial charge in [-0.25, -0.2) is 0 Å². The Morgan fingerprint density at radius 1 is 1.14 bits per heavy atom. The second-order valence-corrected chi connectivity index (χ2v) is 3.97. The predicted molar refractivity (Wildman–Crippen MR) is 57.0 cm³/mol. The van der Waals surface area contributed by atoms with E-state index in [4.69, 9.17) is 4.74 Å². The number of ether oxygens (including phenoxy) is 1. The van der Waals surface area contributed by atoms with Gasteiger partial charge in [0, 0.05) is 6.04 Å². The van der Waals surface area contributed by atoms with E-state index in [2.05, 4.69) is 50.1 Å². The van der Waals surface area contributed by atoms with Gasteiger partial charge in [-0.3, -0.25) is 4.90 Å². The molecule has 2 heteroatoms. The van der Waals surface area contributed by atoms with Gasteiger partial charge < -0.3 is 4.74 Å². The van der Waals surface area contributed by atoms with Crippen molar-refractivity contribution in [1.29, 1.82) is 0 Å². The largest absolute Gasteiger partial charge is 0.354 e. The summed E-state index contributed by atoms with van der Waals surface area (Å²) < 4.78 is 5.90. The third-order valence-electron chi connectivity index (χ3n) is 3.13. The maximum Gasteiger partial charge on any atom is 0.108 e. The number of hydrogen-bond acceptors (Lipinski definition) is 2. The van der Waals surface area contributed by atoms with Gasteiger partial charge >= 0.3 is 0 Å². The second kappa shape index (κ2) is 3.71. The zero-order valence-electron chi connectivity index (χ0n) is 8.97. The quantitative estimate of drug-likeness (QED) is 0.676. The molecule has 76 valence electrons. The summed E-state index contributed by atoms with van der Waals surface area (Å²) in [6.45, 7) is 4.31. The third-order valence-corrected chi connectivity index (χ3v) is 3.13. The lowest BCUT2D eigenvalue weighted by molar-refractivity contribution is 0.0208. The number of likely N-dealkylation sites (N-methyl/N-ethyl adjacent to an activating group) is 1. The zero-order chi connectivity index (χ0) is 10.1. The fourth-order valence-electron chi connectivity index (χ4n) is 1.97. The van der Waals surface area contributed by atoms with E-state index in [1.54, 1.807) is 0 Å². The van der Waals surface area contributed by atoms with Crippen LogP contribution in [0.1, 0.15) is 25.5 Å². The van der Waals surface area contributed by atoms with Crippen molar-refractivity contribution < 1.29 is 4.74 Å². The molecule has 14 heavy (non-hydrogen) atoms. The molecule has 1 fully saturated rings. The van der Waals surface area contributed by atoms with Gasteiger partial charge in [-0.05, 0) is 26.5 Å². The van der Waals surface area contributed by atoms with Crippen LogP contribution in [0.4, 0.5) is 0 Å². The van der Waals surface area contributed by atoms with Crippen LogP contribution in [0.3, 0.4) is 0 Å². The molecule has 1 aromatic carbocycles. The van der Waals surface area contributed by atoms with Crippen LogP contribution in [-0.2, 0) is 4.74 Å². The molecule has 0 bridgehead atoms. The molecule has 0 amide bonds. The lowest BCUT2D eigenvalue weighted by atomic mass is 10.0. The Labute approximate surface area is 85.5 Å². The maximum absolute atomic E-state index is 5.90. The topological polar surface area (TPSA) is 12.5 Å². The SMILES string of the molecule is C[C@@H]1O[C@@H](c2ccccc2)[C@H](C)N1C. The number of nitrogens with zero attached hydrogens (tertiary/aromatic N) is 1. The first kappa shape index (κ1) is 9.69. The van der Waals surface area contributed by atoms with Crippen molar-refractivity contribution in [3.05, 3.63) is 35.9 Å². The van der Waals surface area contributed by atoms with E-state index in [-0.39, 0.29) is 12.3 Å². The monoisotopic (exact) mass is 191 g/mol. The molecule has 0 spiro atoms. The summed E-state index contributed by atoms with van der Waals surface area (Å²) in [7, 11) is 2.11. The molecule has 0 unspecified atom stereocenters. The standard InChI is InChI=1S/C12H17NO/c1-9-12(14-10(2)13(9)3)11-7-5-4-6-8-11/h4-10,12H,1-3H3/t9-,10-,12+/m0/s1. The Balaban J connectivity index is 2.21. The van der Waals surface area contributed by atoms with Crippen LogP contribution in [0.25, 0.3) is 0 Å². The van der Waals surface area contributed by atoms with Gasteiger partial charge in [0.25, 0.3) is 0 Å². The molecule has 0 aliphatic carbocycles. The van der Waals surface area contributed by atoms with E-state index >= 15 is 0 Å². The van der Waals surface area contributed by atoms with Gasteiger partial charge in [0.15, 0.2) is 0 Å². The van der Waals surface area contributed by atoms with Crippen molar-refractivity contribution in [1.82, 2.24) is 4.90 Å². The lowest BCUT2D eigenvalue weighted by Gasteiger charge is -2.18. The minimum atomic E-state index is 0.218. The predicted octanol–water partition coefficient (Wildman–Crippen LogP) is 2.42. The number of benzene rings is 1. The van der Waals surface area contributed by atoms with Crippen LogP contribution in [0, 0.1) is 0 Å². The first-order valence-corrected chi connectivity index (χ1v) is 5.12. The van der Waals surface area contributed by atoms with Gasteiger partial charge in [0.05, 0.1) is 6.10 Å². The van der Waals surface area contributed by atoms with E-state index < -0.39 is 0 Å². The molecular weight excluding hydrogens is 174 g/mol. The molecule has 0 N–H and O–H groups in total. The summed E-state index contributed by atoms with van der Waals surface area (Å²) in [5.74, 6) is 0. The minimum absolute atomic E-state index is 0.218. The summed E-state index contributed by atoms with van der Waals surface area (Å²) in [5.41, 5.74) is 1.27. The van der Waals surface area contributed by atoms with Crippen molar-refractivity contribution in [2.45, 2.75) is 32.2 Å². The molecule has 0 aromatic heterocycles. The van der Waals surface area contributed by atoms with Crippen molar-refractivity contribution in [3.8, 4) is 0 Å². The van der Waals surface area contributed by atoms with Gasteiger partial charge in [-0.1, -0.05) is 30.3 Å². The molecule has 1 aliphatic heterocycles. The fourth-order valence-corrected chi connectivity index (χ4v) is 1.97. The molecule has 0 radical (unpaired) electrons. The Hall–Kier alpha value is -0.860. The first-order chi connectivity index (χ1) is 6.70. The van der Waals surface area contributed by atoms with Crippen LogP contribution in [0.2, 0.25) is 0 Å². The summed E-state index contributed by atoms with van der Waals surface area (Å²) >= 11 is 0. The Kier molecular flexibility index (Phi) is 2.57. The second-order valence-electron chi connectivity index (χ2n) is 3.97. The number of hydrogen-bond donors (Lipinski definition) is 0. The Morgan fingerprint density at radius 3 is 2.29 bits per heavy atom. The molecule has 3 atom stereocenters. The average molecular weight is 191 g/mol. The zero-order valence-corrected chi connectivity index (χ0v) is 8.97. The van der Waals surface area contributed by atoms with Crippen LogP contribution in [0.5, 0.6) is 0 Å². The van der Waals surface area contributed by atoms with Crippen molar-refractivity contribution in [2.24, 2.45) is 0 Å². The smallest absolute Gasteiger partial charge is 0.108 e. The van der Waals surface area contributed by atoms with E-state index in [1.807, 2.05) is 6.07 Å². The van der Waals surface area contributed by atoms with Crippen LogP contribution in [0.15, 0.2) is 30.3 Å². The highest BCUT2D eigenvalue weighted by Crippen LogP contribution is 2.32. The van der Waals surface area contributed by atoms with Crippen molar-refractivity contribution in [2.75, 3.05) is 7.05 Å². The maximum atomic E-state index is 5.90. The highest BCUT2D eigenvalue weighted by Gasteiger charge is 2.34. The van der Waals surface area contributed by atoms with Crippen LogP contribution in [-0.4, -0.2) is 24.2 Å². The highest BCUT2D eigenvalue weighted by atomic mass is 16.5. The Bertz CT molecular complexity index is 298. The van der Waals surface area contributed by atoms with Crippen molar-refractivity contribution in [3.63, 3.8) is 0 Å². The molecule has 1 aromatic rings. The van der Waals surface area contributed by atoms with E-state index in [1.165, 1.54) is 5.56 Å². The fraction of sp³-hybridized carbons (Fsp3) is 0.500. The normalized spacial score (nSPS) is 33.5. The van der Waals surface area contributed by atoms with E-state index in [0.717, 1.165) is 0 Å². The van der Waals surface area contributed by atoms with Crippen LogP contribution < -0.4 is 0 Å². The van der Waals surface area contributed by atoms with E-state index in [9.17, 15) is 0 Å². The first-order valence-electron chi connectivity index (χ1n) is 5.12. The molecule has 2 nitrogen and oxygen atoms in total.